The largest absolute Gasteiger partial charge is 0.494 e. The highest BCUT2D eigenvalue weighted by Crippen LogP contribution is 2.19. The minimum absolute atomic E-state index is 0.119. The molecule has 3 nitrogen and oxygen atoms in total. The number of hydrogen-bond donors (Lipinski definition) is 1. The van der Waals surface area contributed by atoms with E-state index in [4.69, 9.17) is 4.74 Å². The summed E-state index contributed by atoms with van der Waals surface area (Å²) in [7, 11) is 0. The monoisotopic (exact) mass is 529 g/mol. The van der Waals surface area contributed by atoms with Crippen LogP contribution >= 0.6 is 0 Å². The Morgan fingerprint density at radius 1 is 0.579 bits per heavy atom. The van der Waals surface area contributed by atoms with Crippen molar-refractivity contribution in [1.29, 1.82) is 0 Å². The van der Waals surface area contributed by atoms with E-state index in [9.17, 15) is 4.79 Å². The number of anilines is 1. The summed E-state index contributed by atoms with van der Waals surface area (Å²) in [5.74, 6) is 0.968. The Hall–Kier alpha value is -1.51. The Labute approximate surface area is 237 Å². The Morgan fingerprint density at radius 3 is 1.47 bits per heavy atom. The number of rotatable bonds is 28. The molecule has 0 heterocycles. The number of carbonyl (C=O) groups is 1. The first-order chi connectivity index (χ1) is 18.8. The van der Waals surface area contributed by atoms with Crippen molar-refractivity contribution in [2.75, 3.05) is 11.9 Å². The van der Waals surface area contributed by atoms with Crippen LogP contribution in [-0.4, -0.2) is 12.5 Å². The average molecular weight is 530 g/mol. The number of unbranched alkanes of at least 4 members (excludes halogenated alkanes) is 22. The number of amides is 1. The lowest BCUT2D eigenvalue weighted by Crippen LogP contribution is -2.11. The van der Waals surface area contributed by atoms with Crippen LogP contribution in [0.5, 0.6) is 5.75 Å². The van der Waals surface area contributed by atoms with Gasteiger partial charge in [-0.25, -0.2) is 0 Å². The molecule has 0 aliphatic heterocycles. The van der Waals surface area contributed by atoms with Gasteiger partial charge >= 0.3 is 0 Å². The summed E-state index contributed by atoms with van der Waals surface area (Å²) >= 11 is 0. The molecule has 1 rings (SSSR count). The zero-order valence-corrected chi connectivity index (χ0v) is 25.5. The SMILES string of the molecule is CCCCCCCCCCCCCCCCCCCCCC(=O)Nc1cccc(OCCCCCCC)c1. The molecule has 3 heteroatoms. The summed E-state index contributed by atoms with van der Waals surface area (Å²) < 4.78 is 5.86. The second-order valence-electron chi connectivity index (χ2n) is 11.5. The van der Waals surface area contributed by atoms with Gasteiger partial charge in [-0.15, -0.1) is 0 Å². The summed E-state index contributed by atoms with van der Waals surface area (Å²) in [6.07, 6.45) is 32.9. The fourth-order valence-electron chi connectivity index (χ4n) is 5.15. The fourth-order valence-corrected chi connectivity index (χ4v) is 5.15. The normalized spacial score (nSPS) is 11.1. The van der Waals surface area contributed by atoms with Crippen LogP contribution in [0.25, 0.3) is 0 Å². The van der Waals surface area contributed by atoms with Gasteiger partial charge in [0.05, 0.1) is 6.61 Å². The van der Waals surface area contributed by atoms with Crippen molar-refractivity contribution in [2.45, 2.75) is 174 Å². The predicted octanol–water partition coefficient (Wildman–Crippen LogP) is 11.8. The lowest BCUT2D eigenvalue weighted by Gasteiger charge is -2.09. The van der Waals surface area contributed by atoms with E-state index >= 15 is 0 Å². The Morgan fingerprint density at radius 2 is 1.00 bits per heavy atom. The third-order valence-corrected chi connectivity index (χ3v) is 7.64. The number of hydrogen-bond acceptors (Lipinski definition) is 2. The topological polar surface area (TPSA) is 38.3 Å². The summed E-state index contributed by atoms with van der Waals surface area (Å²) in [5.41, 5.74) is 0.844. The summed E-state index contributed by atoms with van der Waals surface area (Å²) in [5, 5.41) is 3.04. The van der Waals surface area contributed by atoms with E-state index in [-0.39, 0.29) is 5.91 Å². The van der Waals surface area contributed by atoms with Gasteiger partial charge in [-0.2, -0.15) is 0 Å². The molecule has 0 saturated heterocycles. The third kappa shape index (κ3) is 22.5. The second-order valence-corrected chi connectivity index (χ2v) is 11.5. The molecule has 0 saturated carbocycles. The van der Waals surface area contributed by atoms with E-state index in [1.54, 1.807) is 0 Å². The van der Waals surface area contributed by atoms with Crippen molar-refractivity contribution in [3.05, 3.63) is 24.3 Å². The smallest absolute Gasteiger partial charge is 0.224 e. The van der Waals surface area contributed by atoms with E-state index in [1.807, 2.05) is 24.3 Å². The van der Waals surface area contributed by atoms with Crippen LogP contribution in [0.4, 0.5) is 5.69 Å². The van der Waals surface area contributed by atoms with Crippen molar-refractivity contribution in [3.8, 4) is 5.75 Å². The predicted molar refractivity (Wildman–Crippen MR) is 167 cm³/mol. The average Bonchev–Trinajstić information content (AvgIpc) is 2.92. The van der Waals surface area contributed by atoms with Gasteiger partial charge in [0, 0.05) is 18.2 Å². The minimum atomic E-state index is 0.119. The maximum atomic E-state index is 12.3. The summed E-state index contributed by atoms with van der Waals surface area (Å²) in [4.78, 5) is 12.3. The van der Waals surface area contributed by atoms with Crippen molar-refractivity contribution < 1.29 is 9.53 Å². The molecule has 1 N–H and O–H groups in total. The molecule has 220 valence electrons. The highest BCUT2D eigenvalue weighted by atomic mass is 16.5. The van der Waals surface area contributed by atoms with Crippen LogP contribution in [0, 0.1) is 0 Å². The van der Waals surface area contributed by atoms with Crippen LogP contribution in [0.15, 0.2) is 24.3 Å². The third-order valence-electron chi connectivity index (χ3n) is 7.64. The fraction of sp³-hybridized carbons (Fsp3) is 0.800. The van der Waals surface area contributed by atoms with Gasteiger partial charge in [-0.05, 0) is 25.0 Å². The molecule has 0 aromatic heterocycles. The number of nitrogens with one attached hydrogen (secondary N) is 1. The first kappa shape index (κ1) is 34.5. The molecule has 0 bridgehead atoms. The maximum absolute atomic E-state index is 12.3. The molecule has 0 radical (unpaired) electrons. The second kappa shape index (κ2) is 27.1. The molecular weight excluding hydrogens is 466 g/mol. The Bertz CT molecular complexity index is 645. The van der Waals surface area contributed by atoms with Gasteiger partial charge in [-0.3, -0.25) is 4.79 Å². The van der Waals surface area contributed by atoms with Crippen LogP contribution in [-0.2, 0) is 4.79 Å². The van der Waals surface area contributed by atoms with E-state index in [2.05, 4.69) is 19.2 Å². The molecule has 0 aliphatic carbocycles. The van der Waals surface area contributed by atoms with Gasteiger partial charge in [0.25, 0.3) is 0 Å². The first-order valence-electron chi connectivity index (χ1n) is 16.8. The van der Waals surface area contributed by atoms with Crippen molar-refractivity contribution in [2.24, 2.45) is 0 Å². The van der Waals surface area contributed by atoms with Gasteiger partial charge in [-0.1, -0.05) is 161 Å². The molecule has 0 unspecified atom stereocenters. The molecule has 0 aliphatic rings. The summed E-state index contributed by atoms with van der Waals surface area (Å²) in [6.45, 7) is 5.28. The van der Waals surface area contributed by atoms with Crippen LogP contribution in [0.3, 0.4) is 0 Å². The Balaban J connectivity index is 1.87. The number of carbonyl (C=O) groups excluding carboxylic acids is 1. The number of ether oxygens (including phenoxy) is 1. The minimum Gasteiger partial charge on any atom is -0.494 e. The van der Waals surface area contributed by atoms with Crippen LogP contribution < -0.4 is 10.1 Å². The van der Waals surface area contributed by atoms with Crippen LogP contribution in [0.1, 0.15) is 174 Å². The lowest BCUT2D eigenvalue weighted by atomic mass is 10.0. The molecule has 1 amide bonds. The molecule has 1 aromatic rings. The maximum Gasteiger partial charge on any atom is 0.224 e. The van der Waals surface area contributed by atoms with E-state index < -0.39 is 0 Å². The molecular formula is C35H63NO2. The highest BCUT2D eigenvalue weighted by Gasteiger charge is 2.04. The molecule has 0 spiro atoms. The first-order valence-corrected chi connectivity index (χ1v) is 16.8. The van der Waals surface area contributed by atoms with Gasteiger partial charge in [0.15, 0.2) is 0 Å². The van der Waals surface area contributed by atoms with E-state index in [1.165, 1.54) is 135 Å². The number of benzene rings is 1. The standard InChI is InChI=1S/C35H63NO2/c1-3-5-7-9-10-11-12-13-14-15-16-17-18-19-20-21-22-23-25-30-35(37)36-33-28-27-29-34(32-33)38-31-26-24-8-6-4-2/h27-29,32H,3-26,30-31H2,1-2H3,(H,36,37). The zero-order chi connectivity index (χ0) is 27.4. The van der Waals surface area contributed by atoms with Crippen molar-refractivity contribution in [3.63, 3.8) is 0 Å². The van der Waals surface area contributed by atoms with Gasteiger partial charge < -0.3 is 10.1 Å². The van der Waals surface area contributed by atoms with Crippen molar-refractivity contribution >= 4 is 11.6 Å². The van der Waals surface area contributed by atoms with Gasteiger partial charge in [0.1, 0.15) is 5.75 Å². The molecule has 1 aromatic carbocycles. The molecule has 0 fully saturated rings. The van der Waals surface area contributed by atoms with E-state index in [0.29, 0.717) is 6.42 Å². The quantitative estimate of drug-likeness (QED) is 0.110. The summed E-state index contributed by atoms with van der Waals surface area (Å²) in [6, 6.07) is 7.82. The van der Waals surface area contributed by atoms with E-state index in [0.717, 1.165) is 37.3 Å². The molecule has 0 atom stereocenters. The lowest BCUT2D eigenvalue weighted by molar-refractivity contribution is -0.116. The highest BCUT2D eigenvalue weighted by molar-refractivity contribution is 5.90. The molecule has 38 heavy (non-hydrogen) atoms. The van der Waals surface area contributed by atoms with Crippen LogP contribution in [0.2, 0.25) is 0 Å². The Kier molecular flexibility index (Phi) is 24.6. The van der Waals surface area contributed by atoms with Crippen molar-refractivity contribution in [1.82, 2.24) is 0 Å². The van der Waals surface area contributed by atoms with Gasteiger partial charge in [0.2, 0.25) is 5.91 Å². The zero-order valence-electron chi connectivity index (χ0n) is 25.5.